The van der Waals surface area contributed by atoms with Crippen LogP contribution < -0.4 is 0 Å². The van der Waals surface area contributed by atoms with Gasteiger partial charge in [0.05, 0.1) is 35.9 Å². The van der Waals surface area contributed by atoms with Crippen molar-refractivity contribution in [2.24, 2.45) is 11.8 Å². The topological polar surface area (TPSA) is 139 Å². The first-order valence-corrected chi connectivity index (χ1v) is 20.8. The highest BCUT2D eigenvalue weighted by atomic mass is 16.2. The number of imidazole rings is 2. The number of benzene rings is 2. The van der Waals surface area contributed by atoms with Crippen LogP contribution in [0.1, 0.15) is 102 Å². The number of hydrogen-bond donors (Lipinski definition) is 2. The Balaban J connectivity index is 0.803. The Kier molecular flexibility index (Phi) is 8.63. The lowest BCUT2D eigenvalue weighted by molar-refractivity contribution is -0.153. The minimum atomic E-state index is -0.390. The maximum Gasteiger partial charge on any atom is 0.312 e. The average Bonchev–Trinajstić information content (AvgIpc) is 4.08. The Morgan fingerprint density at radius 2 is 0.839 bits per heavy atom. The summed E-state index contributed by atoms with van der Waals surface area (Å²) in [5.74, 6) is 0.370. The minimum Gasteiger partial charge on any atom is -0.340 e. The first kappa shape index (κ1) is 35.2. The molecule has 0 spiro atoms. The van der Waals surface area contributed by atoms with Crippen LogP contribution in [0.4, 0.5) is 0 Å². The fraction of sp³-hybridized carbons (Fsp3) is 0.500. The second kappa shape index (κ2) is 13.7. The van der Waals surface area contributed by atoms with Gasteiger partial charge in [0.15, 0.2) is 0 Å². The standard InChI is InChI=1S/C44H50N8O4/c1-25-19-21-49(41(53)43(55)51(31-11-12-31)32-13-14-32)37(25)39-45-23-35(47-39)29-7-3-27(4-8-29)28-5-9-30(10-6-28)36-24-46-40(48-36)38-26(2)20-22-50(38)42(54)44(56)52(33-15-16-33)34-17-18-34/h3-10,23-26,31-34,37-38H,11-22H2,1-2H3,(H,45,47)(H,46,48)/t25-,26-,37-,38?/m0/s1. The molecule has 2 saturated heterocycles. The molecule has 4 aliphatic carbocycles. The number of carbonyl (C=O) groups excluding carboxylic acids is 4. The van der Waals surface area contributed by atoms with Crippen molar-refractivity contribution in [3.8, 4) is 33.6 Å². The molecule has 0 radical (unpaired) electrons. The van der Waals surface area contributed by atoms with E-state index in [1.807, 2.05) is 22.2 Å². The van der Waals surface area contributed by atoms with Crippen LogP contribution in [0, 0.1) is 11.8 Å². The van der Waals surface area contributed by atoms with Gasteiger partial charge in [0.25, 0.3) is 0 Å². The van der Waals surface area contributed by atoms with Crippen molar-refractivity contribution in [3.63, 3.8) is 0 Å². The number of hydrogen-bond acceptors (Lipinski definition) is 6. The molecule has 290 valence electrons. The van der Waals surface area contributed by atoms with E-state index < -0.39 is 11.8 Å². The second-order valence-electron chi connectivity index (χ2n) is 17.3. The van der Waals surface area contributed by atoms with Crippen molar-refractivity contribution < 1.29 is 19.2 Å². The highest BCUT2D eigenvalue weighted by Crippen LogP contribution is 2.42. The highest BCUT2D eigenvalue weighted by Gasteiger charge is 2.49. The van der Waals surface area contributed by atoms with Crippen LogP contribution in [0.3, 0.4) is 0 Å². The molecule has 12 heteroatoms. The third kappa shape index (κ3) is 6.50. The molecule has 12 nitrogen and oxygen atoms in total. The maximum atomic E-state index is 13.6. The van der Waals surface area contributed by atoms with Gasteiger partial charge in [-0.1, -0.05) is 62.4 Å². The summed E-state index contributed by atoms with van der Waals surface area (Å²) in [6.45, 7) is 5.38. The molecule has 4 aromatic rings. The van der Waals surface area contributed by atoms with Gasteiger partial charge >= 0.3 is 23.6 Å². The van der Waals surface area contributed by atoms with Crippen LogP contribution in [-0.2, 0) is 19.2 Å². The number of amides is 4. The van der Waals surface area contributed by atoms with Gasteiger partial charge in [-0.3, -0.25) is 19.2 Å². The zero-order chi connectivity index (χ0) is 38.2. The molecule has 4 amide bonds. The number of carbonyl (C=O) groups is 4. The van der Waals surface area contributed by atoms with E-state index in [0.717, 1.165) is 109 Å². The zero-order valence-electron chi connectivity index (χ0n) is 32.2. The summed E-state index contributed by atoms with van der Waals surface area (Å²) in [6.07, 6.45) is 13.3. The Bertz CT molecular complexity index is 1980. The molecule has 6 aliphatic rings. The van der Waals surface area contributed by atoms with E-state index in [0.29, 0.717) is 13.1 Å². The normalized spacial score (nSPS) is 24.8. The van der Waals surface area contributed by atoms with Crippen molar-refractivity contribution in [2.75, 3.05) is 13.1 Å². The van der Waals surface area contributed by atoms with E-state index in [1.54, 1.807) is 9.80 Å². The Morgan fingerprint density at radius 3 is 1.16 bits per heavy atom. The second-order valence-corrected chi connectivity index (χ2v) is 17.3. The minimum absolute atomic E-state index is 0.190. The SMILES string of the molecule is C[C@H]1CCN(C(=O)C(=O)N(C2CC2)C2CC2)C1c1ncc(-c2ccc(-c3ccc(-c4cnc([C@@H]5[C@@H](C)CCN5C(=O)C(=O)N(C5CC5)C5CC5)[nH]4)cc3)cc2)[nH]1. The predicted molar refractivity (Wildman–Crippen MR) is 209 cm³/mol. The molecule has 2 N–H and O–H groups in total. The fourth-order valence-corrected chi connectivity index (χ4v) is 9.27. The lowest BCUT2D eigenvalue weighted by Gasteiger charge is -2.28. The van der Waals surface area contributed by atoms with Gasteiger partial charge in [-0.15, -0.1) is 0 Å². The van der Waals surface area contributed by atoms with Gasteiger partial charge in [-0.2, -0.15) is 0 Å². The quantitative estimate of drug-likeness (QED) is 0.194. The molecule has 4 atom stereocenters. The van der Waals surface area contributed by atoms with E-state index in [2.05, 4.69) is 72.3 Å². The van der Waals surface area contributed by atoms with Gasteiger partial charge in [0.2, 0.25) is 0 Å². The number of nitrogens with one attached hydrogen (secondary N) is 2. The largest absolute Gasteiger partial charge is 0.340 e. The molecule has 6 fully saturated rings. The van der Waals surface area contributed by atoms with Crippen LogP contribution in [0.15, 0.2) is 60.9 Å². The Hall–Kier alpha value is -5.26. The summed E-state index contributed by atoms with van der Waals surface area (Å²) in [7, 11) is 0. The molecule has 10 rings (SSSR count). The molecule has 1 unspecified atom stereocenters. The van der Waals surface area contributed by atoms with Crippen LogP contribution in [0.2, 0.25) is 0 Å². The Morgan fingerprint density at radius 1 is 0.518 bits per heavy atom. The number of aromatic nitrogens is 4. The van der Waals surface area contributed by atoms with Crippen molar-refractivity contribution >= 4 is 23.6 Å². The van der Waals surface area contributed by atoms with Crippen molar-refractivity contribution in [1.29, 1.82) is 0 Å². The number of aromatic amines is 2. The summed E-state index contributed by atoms with van der Waals surface area (Å²) in [5, 5.41) is 0. The Labute approximate surface area is 327 Å². The van der Waals surface area contributed by atoms with E-state index in [4.69, 9.17) is 9.97 Å². The lowest BCUT2D eigenvalue weighted by atomic mass is 10.0. The fourth-order valence-electron chi connectivity index (χ4n) is 9.27. The first-order valence-electron chi connectivity index (χ1n) is 20.8. The third-order valence-corrected chi connectivity index (χ3v) is 13.0. The van der Waals surface area contributed by atoms with Crippen molar-refractivity contribution in [2.45, 2.75) is 114 Å². The maximum absolute atomic E-state index is 13.6. The molecule has 2 aliphatic heterocycles. The number of H-pyrrole nitrogens is 2. The smallest absolute Gasteiger partial charge is 0.312 e. The van der Waals surface area contributed by atoms with Crippen LogP contribution in [0.5, 0.6) is 0 Å². The first-order chi connectivity index (χ1) is 27.2. The summed E-state index contributed by atoms with van der Waals surface area (Å²) in [6, 6.07) is 17.1. The molecule has 0 bridgehead atoms. The third-order valence-electron chi connectivity index (χ3n) is 13.0. The summed E-state index contributed by atoms with van der Waals surface area (Å²) < 4.78 is 0. The van der Waals surface area contributed by atoms with Gasteiger partial charge in [0, 0.05) is 37.3 Å². The molecule has 2 aromatic carbocycles. The zero-order valence-corrected chi connectivity index (χ0v) is 32.2. The molecule has 56 heavy (non-hydrogen) atoms. The van der Waals surface area contributed by atoms with E-state index in [-0.39, 0.29) is 59.9 Å². The van der Waals surface area contributed by atoms with Crippen LogP contribution >= 0.6 is 0 Å². The van der Waals surface area contributed by atoms with Gasteiger partial charge in [-0.25, -0.2) is 9.97 Å². The van der Waals surface area contributed by atoms with E-state index >= 15 is 0 Å². The molecular weight excluding hydrogens is 705 g/mol. The number of rotatable bonds is 9. The summed E-state index contributed by atoms with van der Waals surface area (Å²) in [5.41, 5.74) is 5.88. The van der Waals surface area contributed by atoms with Gasteiger partial charge < -0.3 is 29.6 Å². The van der Waals surface area contributed by atoms with Crippen molar-refractivity contribution in [3.05, 3.63) is 72.6 Å². The summed E-state index contributed by atoms with van der Waals surface area (Å²) in [4.78, 5) is 77.6. The molecule has 4 heterocycles. The lowest BCUT2D eigenvalue weighted by Crippen LogP contribution is -2.47. The number of nitrogens with zero attached hydrogens (tertiary/aromatic N) is 6. The van der Waals surface area contributed by atoms with Crippen molar-refractivity contribution in [1.82, 2.24) is 39.5 Å². The highest BCUT2D eigenvalue weighted by molar-refractivity contribution is 6.35. The molecule has 2 aromatic heterocycles. The molecular formula is C44H50N8O4. The van der Waals surface area contributed by atoms with Gasteiger partial charge in [0.1, 0.15) is 11.6 Å². The van der Waals surface area contributed by atoms with E-state index in [9.17, 15) is 19.2 Å². The summed E-state index contributed by atoms with van der Waals surface area (Å²) >= 11 is 0. The number of likely N-dealkylation sites (tertiary alicyclic amines) is 2. The van der Waals surface area contributed by atoms with E-state index in [1.165, 1.54) is 0 Å². The van der Waals surface area contributed by atoms with Gasteiger partial charge in [-0.05, 0) is 98.3 Å². The molecule has 4 saturated carbocycles. The predicted octanol–water partition coefficient (Wildman–Crippen LogP) is 6.26. The van der Waals surface area contributed by atoms with Crippen LogP contribution in [0.25, 0.3) is 33.6 Å². The monoisotopic (exact) mass is 754 g/mol. The average molecular weight is 755 g/mol. The van der Waals surface area contributed by atoms with Crippen LogP contribution in [-0.4, -0.2) is 100 Å².